The molecule has 0 bridgehead atoms. The summed E-state index contributed by atoms with van der Waals surface area (Å²) in [5.41, 5.74) is 4.52. The van der Waals surface area contributed by atoms with Crippen LogP contribution < -0.4 is 4.90 Å². The summed E-state index contributed by atoms with van der Waals surface area (Å²) in [7, 11) is 0. The molecule has 5 nitrogen and oxygen atoms in total. The molecule has 1 aliphatic heterocycles. The van der Waals surface area contributed by atoms with Crippen LogP contribution in [-0.2, 0) is 4.79 Å². The van der Waals surface area contributed by atoms with E-state index < -0.39 is 4.92 Å². The van der Waals surface area contributed by atoms with Gasteiger partial charge in [-0.25, -0.2) is 0 Å². The van der Waals surface area contributed by atoms with Gasteiger partial charge in [-0.1, -0.05) is 77.2 Å². The molecule has 0 spiro atoms. The van der Waals surface area contributed by atoms with Crippen molar-refractivity contribution < 1.29 is 9.72 Å². The monoisotopic (exact) mass is 492 g/mol. The minimum atomic E-state index is -0.394. The van der Waals surface area contributed by atoms with Crippen LogP contribution in [0, 0.1) is 30.9 Å². The van der Waals surface area contributed by atoms with Gasteiger partial charge < -0.3 is 0 Å². The number of aryl methyl sites for hydroxylation is 3. The third-order valence-corrected chi connectivity index (χ3v) is 7.49. The van der Waals surface area contributed by atoms with E-state index in [1.807, 2.05) is 63.2 Å². The summed E-state index contributed by atoms with van der Waals surface area (Å²) >= 11 is 8.01. The van der Waals surface area contributed by atoms with Gasteiger partial charge >= 0.3 is 0 Å². The molecule has 1 aliphatic rings. The van der Waals surface area contributed by atoms with Crippen molar-refractivity contribution in [1.29, 1.82) is 0 Å². The number of rotatable bonds is 5. The first kappa shape index (κ1) is 23.2. The number of anilines is 1. The molecule has 0 aromatic heterocycles. The van der Waals surface area contributed by atoms with Crippen molar-refractivity contribution in [1.82, 2.24) is 0 Å². The average Bonchev–Trinajstić information content (AvgIpc) is 3.03. The molecule has 0 radical (unpaired) electrons. The number of carbonyl (C=O) groups excluding carboxylic acids is 1. The van der Waals surface area contributed by atoms with Crippen LogP contribution in [0.5, 0.6) is 0 Å². The molecule has 0 atom stereocenters. The number of amides is 1. The second kappa shape index (κ2) is 9.51. The number of thioether (sulfide) groups is 1. The van der Waals surface area contributed by atoms with Gasteiger partial charge in [0, 0.05) is 11.0 Å². The predicted molar refractivity (Wildman–Crippen MR) is 140 cm³/mol. The Morgan fingerprint density at radius 3 is 2.36 bits per heavy atom. The molecular weight excluding hydrogens is 472 g/mol. The summed E-state index contributed by atoms with van der Waals surface area (Å²) in [4.78, 5) is 27.9. The van der Waals surface area contributed by atoms with Crippen molar-refractivity contribution in [3.05, 3.63) is 97.9 Å². The van der Waals surface area contributed by atoms with Crippen LogP contribution in [0.2, 0.25) is 0 Å². The number of nitrogens with zero attached hydrogens (tertiary/aromatic N) is 2. The number of thiocarbonyl (C=S) groups is 1. The number of carbonyl (C=O) groups is 1. The van der Waals surface area contributed by atoms with Crippen molar-refractivity contribution >= 4 is 63.4 Å². The Morgan fingerprint density at radius 1 is 1.00 bits per heavy atom. The molecule has 166 valence electrons. The third-order valence-electron chi connectivity index (χ3n) is 5.11. The SMILES string of the molecule is Cc1ccc(Sc2ccc(C=C3SC(=S)N(c4ccc(C)cc4C)C3=O)cc2[N+](=O)[O-])cc1. The summed E-state index contributed by atoms with van der Waals surface area (Å²) in [5, 5.41) is 11.7. The lowest BCUT2D eigenvalue weighted by molar-refractivity contribution is -0.387. The molecule has 1 heterocycles. The fourth-order valence-electron chi connectivity index (χ4n) is 3.47. The van der Waals surface area contributed by atoms with Crippen molar-refractivity contribution in [3.8, 4) is 0 Å². The Labute approximate surface area is 206 Å². The zero-order chi connectivity index (χ0) is 23.7. The van der Waals surface area contributed by atoms with Crippen LogP contribution >= 0.6 is 35.7 Å². The highest BCUT2D eigenvalue weighted by atomic mass is 32.2. The normalized spacial score (nSPS) is 14.9. The van der Waals surface area contributed by atoms with Crippen molar-refractivity contribution in [2.45, 2.75) is 30.6 Å². The van der Waals surface area contributed by atoms with Gasteiger partial charge in [0.25, 0.3) is 11.6 Å². The topological polar surface area (TPSA) is 63.5 Å². The Hall–Kier alpha value is -2.94. The van der Waals surface area contributed by atoms with Crippen molar-refractivity contribution in [2.24, 2.45) is 0 Å². The lowest BCUT2D eigenvalue weighted by Gasteiger charge is -2.17. The van der Waals surface area contributed by atoms with E-state index in [4.69, 9.17) is 12.2 Å². The number of benzene rings is 3. The molecule has 0 saturated carbocycles. The quantitative estimate of drug-likeness (QED) is 0.164. The Bertz CT molecular complexity index is 1320. The molecule has 33 heavy (non-hydrogen) atoms. The first-order valence-corrected chi connectivity index (χ1v) is 12.2. The Balaban J connectivity index is 1.64. The van der Waals surface area contributed by atoms with Crippen molar-refractivity contribution in [2.75, 3.05) is 4.90 Å². The molecule has 0 N–H and O–H groups in total. The zero-order valence-corrected chi connectivity index (χ0v) is 20.6. The number of hydrogen-bond donors (Lipinski definition) is 0. The van der Waals surface area contributed by atoms with Crippen LogP contribution in [0.4, 0.5) is 11.4 Å². The second-order valence-corrected chi connectivity index (χ2v) is 10.5. The van der Waals surface area contributed by atoms with E-state index in [1.165, 1.54) is 34.5 Å². The fraction of sp³-hybridized carbons (Fsp3) is 0.120. The van der Waals surface area contributed by atoms with E-state index >= 15 is 0 Å². The smallest absolute Gasteiger partial charge is 0.268 e. The van der Waals surface area contributed by atoms with Gasteiger partial charge in [-0.15, -0.1) is 0 Å². The fourth-order valence-corrected chi connectivity index (χ4v) is 5.65. The van der Waals surface area contributed by atoms with Crippen LogP contribution in [0.25, 0.3) is 6.08 Å². The van der Waals surface area contributed by atoms with E-state index in [2.05, 4.69) is 0 Å². The maximum atomic E-state index is 13.1. The van der Waals surface area contributed by atoms with E-state index in [0.717, 1.165) is 27.3 Å². The number of nitro benzene ring substituents is 1. The summed E-state index contributed by atoms with van der Waals surface area (Å²) in [5.74, 6) is -0.224. The van der Waals surface area contributed by atoms with Gasteiger partial charge in [0.05, 0.1) is 20.4 Å². The summed E-state index contributed by atoms with van der Waals surface area (Å²) in [6.45, 7) is 5.93. The molecular formula is C25H20N2O3S3. The second-order valence-electron chi connectivity index (χ2n) is 7.71. The first-order valence-electron chi connectivity index (χ1n) is 10.1. The largest absolute Gasteiger partial charge is 0.283 e. The lowest BCUT2D eigenvalue weighted by Crippen LogP contribution is -2.28. The molecule has 1 saturated heterocycles. The van der Waals surface area contributed by atoms with E-state index in [1.54, 1.807) is 18.2 Å². The summed E-state index contributed by atoms with van der Waals surface area (Å²) in [6, 6.07) is 18.7. The van der Waals surface area contributed by atoms with Crippen LogP contribution in [0.1, 0.15) is 22.3 Å². The van der Waals surface area contributed by atoms with Gasteiger partial charge in [-0.3, -0.25) is 19.8 Å². The minimum absolute atomic E-state index is 0.000757. The molecule has 3 aromatic rings. The van der Waals surface area contributed by atoms with Crippen molar-refractivity contribution in [3.63, 3.8) is 0 Å². The average molecular weight is 493 g/mol. The standard InChI is InChI=1S/C25H20N2O3S3/c1-15-4-8-19(9-5-15)32-22-11-7-18(13-21(22)27(29)30)14-23-24(28)26(25(31)33-23)20-10-6-16(2)12-17(20)3/h4-14H,1-3H3. The van der Waals surface area contributed by atoms with E-state index in [-0.39, 0.29) is 11.6 Å². The van der Waals surface area contributed by atoms with E-state index in [9.17, 15) is 14.9 Å². The molecule has 4 rings (SSSR count). The van der Waals surface area contributed by atoms with Gasteiger partial charge in [-0.2, -0.15) is 0 Å². The maximum absolute atomic E-state index is 13.1. The molecule has 3 aromatic carbocycles. The zero-order valence-electron chi connectivity index (χ0n) is 18.2. The number of nitro groups is 1. The van der Waals surface area contributed by atoms with E-state index in [0.29, 0.717) is 19.7 Å². The molecule has 8 heteroatoms. The highest BCUT2D eigenvalue weighted by molar-refractivity contribution is 8.27. The molecule has 1 amide bonds. The van der Waals surface area contributed by atoms with Gasteiger partial charge in [0.15, 0.2) is 4.32 Å². The third kappa shape index (κ3) is 5.03. The highest BCUT2D eigenvalue weighted by Gasteiger charge is 2.34. The van der Waals surface area contributed by atoms with Gasteiger partial charge in [-0.05, 0) is 62.2 Å². The predicted octanol–water partition coefficient (Wildman–Crippen LogP) is 7.08. The maximum Gasteiger partial charge on any atom is 0.283 e. The Morgan fingerprint density at radius 2 is 1.70 bits per heavy atom. The summed E-state index contributed by atoms with van der Waals surface area (Å²) < 4.78 is 0.444. The van der Waals surface area contributed by atoms with Crippen LogP contribution in [0.3, 0.4) is 0 Å². The van der Waals surface area contributed by atoms with Gasteiger partial charge in [0.1, 0.15) is 0 Å². The molecule has 0 aliphatic carbocycles. The van der Waals surface area contributed by atoms with Gasteiger partial charge in [0.2, 0.25) is 0 Å². The molecule has 0 unspecified atom stereocenters. The highest BCUT2D eigenvalue weighted by Crippen LogP contribution is 2.39. The lowest BCUT2D eigenvalue weighted by atomic mass is 10.1. The first-order chi connectivity index (χ1) is 15.7. The van der Waals surface area contributed by atoms with Crippen LogP contribution in [-0.4, -0.2) is 15.2 Å². The minimum Gasteiger partial charge on any atom is -0.268 e. The summed E-state index contributed by atoms with van der Waals surface area (Å²) in [6.07, 6.45) is 1.66. The number of hydrogen-bond acceptors (Lipinski definition) is 6. The molecule has 1 fully saturated rings. The van der Waals surface area contributed by atoms with Crippen LogP contribution in [0.15, 0.2) is 75.4 Å². The Kier molecular flexibility index (Phi) is 6.69.